The van der Waals surface area contributed by atoms with Gasteiger partial charge in [-0.05, 0) is 50.1 Å². The third kappa shape index (κ3) is 5.43. The van der Waals surface area contributed by atoms with Crippen molar-refractivity contribution in [2.24, 2.45) is 0 Å². The minimum Gasteiger partial charge on any atom is -0.388 e. The lowest BCUT2D eigenvalue weighted by Gasteiger charge is -2.14. The molecule has 0 aliphatic heterocycles. The van der Waals surface area contributed by atoms with Crippen molar-refractivity contribution in [3.63, 3.8) is 0 Å². The van der Waals surface area contributed by atoms with Crippen molar-refractivity contribution in [1.29, 1.82) is 0 Å². The van der Waals surface area contributed by atoms with Crippen LogP contribution in [0, 0.1) is 6.92 Å². The summed E-state index contributed by atoms with van der Waals surface area (Å²) in [6, 6.07) is 14.2. The Kier molecular flexibility index (Phi) is 6.31. The van der Waals surface area contributed by atoms with E-state index in [0.29, 0.717) is 16.8 Å². The van der Waals surface area contributed by atoms with E-state index in [9.17, 15) is 14.7 Å². The van der Waals surface area contributed by atoms with Gasteiger partial charge in [0.2, 0.25) is 5.91 Å². The molecule has 0 aromatic heterocycles. The number of benzene rings is 2. The molecular formula is C20H24N2O3. The number of carbonyl (C=O) groups excluding carboxylic acids is 2. The number of aryl methyl sites for hydroxylation is 1. The number of hydrogen-bond donors (Lipinski definition) is 3. The second kappa shape index (κ2) is 8.44. The van der Waals surface area contributed by atoms with E-state index in [1.54, 1.807) is 30.3 Å². The second-order valence-corrected chi connectivity index (χ2v) is 6.34. The maximum atomic E-state index is 12.2. The third-order valence-corrected chi connectivity index (χ3v) is 3.75. The summed E-state index contributed by atoms with van der Waals surface area (Å²) < 4.78 is 0. The fourth-order valence-electron chi connectivity index (χ4n) is 2.46. The molecule has 0 saturated carbocycles. The Morgan fingerprint density at radius 1 is 1.08 bits per heavy atom. The quantitative estimate of drug-likeness (QED) is 0.755. The van der Waals surface area contributed by atoms with Crippen molar-refractivity contribution in [2.45, 2.75) is 39.3 Å². The molecule has 132 valence electrons. The average Bonchev–Trinajstić information content (AvgIpc) is 2.56. The second-order valence-electron chi connectivity index (χ2n) is 6.34. The highest BCUT2D eigenvalue weighted by atomic mass is 16.3. The first-order valence-corrected chi connectivity index (χ1v) is 8.31. The SMILES string of the molecule is Cc1cc(C(=O)NC(C)C)ccc1NC(=O)CC(O)c1ccccc1. The molecule has 0 aliphatic carbocycles. The Labute approximate surface area is 148 Å². The molecule has 1 atom stereocenters. The minimum absolute atomic E-state index is 0.0287. The molecule has 3 N–H and O–H groups in total. The zero-order chi connectivity index (χ0) is 18.4. The van der Waals surface area contributed by atoms with Gasteiger partial charge in [0.15, 0.2) is 0 Å². The zero-order valence-corrected chi connectivity index (χ0v) is 14.7. The topological polar surface area (TPSA) is 78.4 Å². The van der Waals surface area contributed by atoms with Crippen LogP contribution in [0.3, 0.4) is 0 Å². The molecule has 2 rings (SSSR count). The van der Waals surface area contributed by atoms with E-state index in [1.165, 1.54) is 0 Å². The molecule has 25 heavy (non-hydrogen) atoms. The van der Waals surface area contributed by atoms with Gasteiger partial charge in [0.25, 0.3) is 5.91 Å². The van der Waals surface area contributed by atoms with Crippen LogP contribution in [0.2, 0.25) is 0 Å². The molecule has 2 amide bonds. The molecule has 0 aliphatic rings. The summed E-state index contributed by atoms with van der Waals surface area (Å²) in [4.78, 5) is 24.2. The van der Waals surface area contributed by atoms with Crippen LogP contribution < -0.4 is 10.6 Å². The van der Waals surface area contributed by atoms with E-state index in [2.05, 4.69) is 10.6 Å². The van der Waals surface area contributed by atoms with E-state index in [1.807, 2.05) is 39.0 Å². The van der Waals surface area contributed by atoms with Crippen molar-refractivity contribution in [2.75, 3.05) is 5.32 Å². The number of rotatable bonds is 6. The first-order chi connectivity index (χ1) is 11.9. The van der Waals surface area contributed by atoms with E-state index in [4.69, 9.17) is 0 Å². The van der Waals surface area contributed by atoms with Gasteiger partial charge >= 0.3 is 0 Å². The number of nitrogens with one attached hydrogen (secondary N) is 2. The number of hydrogen-bond acceptors (Lipinski definition) is 3. The summed E-state index contributed by atoms with van der Waals surface area (Å²) in [5.41, 5.74) is 2.67. The first kappa shape index (κ1) is 18.7. The molecule has 5 heteroatoms. The zero-order valence-electron chi connectivity index (χ0n) is 14.7. The number of anilines is 1. The third-order valence-electron chi connectivity index (χ3n) is 3.75. The highest BCUT2D eigenvalue weighted by Crippen LogP contribution is 2.20. The molecule has 0 heterocycles. The molecule has 2 aromatic carbocycles. The van der Waals surface area contributed by atoms with Crippen LogP contribution in [-0.2, 0) is 4.79 Å². The highest BCUT2D eigenvalue weighted by Gasteiger charge is 2.14. The van der Waals surface area contributed by atoms with E-state index in [0.717, 1.165) is 5.56 Å². The smallest absolute Gasteiger partial charge is 0.251 e. The van der Waals surface area contributed by atoms with Gasteiger partial charge in [-0.25, -0.2) is 0 Å². The van der Waals surface area contributed by atoms with E-state index in [-0.39, 0.29) is 24.3 Å². The summed E-state index contributed by atoms with van der Waals surface area (Å²) in [6.07, 6.45) is -0.878. The van der Waals surface area contributed by atoms with Crippen LogP contribution in [0.25, 0.3) is 0 Å². The molecule has 1 unspecified atom stereocenters. The minimum atomic E-state index is -0.849. The van der Waals surface area contributed by atoms with Crippen LogP contribution in [0.4, 0.5) is 5.69 Å². The maximum Gasteiger partial charge on any atom is 0.251 e. The van der Waals surface area contributed by atoms with Gasteiger partial charge < -0.3 is 15.7 Å². The molecule has 0 saturated heterocycles. The van der Waals surface area contributed by atoms with Crippen molar-refractivity contribution in [1.82, 2.24) is 5.32 Å². The maximum absolute atomic E-state index is 12.2. The van der Waals surface area contributed by atoms with Crippen LogP contribution >= 0.6 is 0 Å². The largest absolute Gasteiger partial charge is 0.388 e. The summed E-state index contributed by atoms with van der Waals surface area (Å²) in [5, 5.41) is 15.7. The molecule has 5 nitrogen and oxygen atoms in total. The average molecular weight is 340 g/mol. The first-order valence-electron chi connectivity index (χ1n) is 8.31. The Hall–Kier alpha value is -2.66. The summed E-state index contributed by atoms with van der Waals surface area (Å²) in [5.74, 6) is -0.422. The molecule has 0 fully saturated rings. The van der Waals surface area contributed by atoms with Crippen LogP contribution in [-0.4, -0.2) is 23.0 Å². The molecular weight excluding hydrogens is 316 g/mol. The van der Waals surface area contributed by atoms with Crippen molar-refractivity contribution in [3.05, 3.63) is 65.2 Å². The fourth-order valence-corrected chi connectivity index (χ4v) is 2.46. The lowest BCUT2D eigenvalue weighted by molar-refractivity contribution is -0.118. The molecule has 2 aromatic rings. The predicted octanol–water partition coefficient (Wildman–Crippen LogP) is 3.20. The standard InChI is InChI=1S/C20H24N2O3/c1-13(2)21-20(25)16-9-10-17(14(3)11-16)22-19(24)12-18(23)15-7-5-4-6-8-15/h4-11,13,18,23H,12H2,1-3H3,(H,21,25)(H,22,24). The summed E-state index contributed by atoms with van der Waals surface area (Å²) in [7, 11) is 0. The van der Waals surface area contributed by atoms with Crippen molar-refractivity contribution >= 4 is 17.5 Å². The highest BCUT2D eigenvalue weighted by molar-refractivity contribution is 5.96. The fraction of sp³-hybridized carbons (Fsp3) is 0.300. The molecule has 0 radical (unpaired) electrons. The number of aliphatic hydroxyl groups is 1. The predicted molar refractivity (Wildman–Crippen MR) is 98.4 cm³/mol. The number of aliphatic hydroxyl groups excluding tert-OH is 1. The number of carbonyl (C=O) groups is 2. The van der Waals surface area contributed by atoms with Gasteiger partial charge in [0.1, 0.15) is 0 Å². The summed E-state index contributed by atoms with van der Waals surface area (Å²) in [6.45, 7) is 5.63. The van der Waals surface area contributed by atoms with Crippen molar-refractivity contribution < 1.29 is 14.7 Å². The van der Waals surface area contributed by atoms with Gasteiger partial charge in [-0.2, -0.15) is 0 Å². The van der Waals surface area contributed by atoms with Crippen LogP contribution in [0.1, 0.15) is 47.9 Å². The lowest BCUT2D eigenvalue weighted by Crippen LogP contribution is -2.30. The summed E-state index contributed by atoms with van der Waals surface area (Å²) >= 11 is 0. The normalized spacial score (nSPS) is 11.9. The lowest BCUT2D eigenvalue weighted by atomic mass is 10.1. The Morgan fingerprint density at radius 3 is 2.36 bits per heavy atom. The van der Waals surface area contributed by atoms with Crippen LogP contribution in [0.15, 0.2) is 48.5 Å². The molecule has 0 bridgehead atoms. The van der Waals surface area contributed by atoms with Gasteiger partial charge in [-0.15, -0.1) is 0 Å². The van der Waals surface area contributed by atoms with Gasteiger partial charge in [0, 0.05) is 17.3 Å². The van der Waals surface area contributed by atoms with Crippen molar-refractivity contribution in [3.8, 4) is 0 Å². The Morgan fingerprint density at radius 2 is 1.76 bits per heavy atom. The Balaban J connectivity index is 2.00. The van der Waals surface area contributed by atoms with Gasteiger partial charge in [-0.1, -0.05) is 30.3 Å². The number of amides is 2. The van der Waals surface area contributed by atoms with Crippen LogP contribution in [0.5, 0.6) is 0 Å². The van der Waals surface area contributed by atoms with Gasteiger partial charge in [0.05, 0.1) is 12.5 Å². The van der Waals surface area contributed by atoms with Gasteiger partial charge in [-0.3, -0.25) is 9.59 Å². The molecule has 0 spiro atoms. The van der Waals surface area contributed by atoms with E-state index >= 15 is 0 Å². The van der Waals surface area contributed by atoms with E-state index < -0.39 is 6.10 Å². The Bertz CT molecular complexity index is 742. The monoisotopic (exact) mass is 340 g/mol.